The molecule has 2 nitrogen and oxygen atoms in total. The Kier molecular flexibility index (Phi) is 3.86. The highest BCUT2D eigenvalue weighted by Gasteiger charge is 2.03. The maximum Gasteiger partial charge on any atom is 0.272 e. The maximum atomic E-state index is 11.8. The van der Waals surface area contributed by atoms with E-state index >= 15 is 0 Å². The van der Waals surface area contributed by atoms with E-state index in [0.29, 0.717) is 5.75 Å². The molecule has 0 amide bonds. The van der Waals surface area contributed by atoms with E-state index in [1.807, 2.05) is 6.07 Å². The van der Waals surface area contributed by atoms with Crippen molar-refractivity contribution in [2.24, 2.45) is 0 Å². The van der Waals surface area contributed by atoms with Gasteiger partial charge < -0.3 is 4.74 Å². The van der Waals surface area contributed by atoms with Gasteiger partial charge in [0.1, 0.15) is 12.4 Å². The minimum absolute atomic E-state index is 0.256. The zero-order chi connectivity index (χ0) is 10.4. The molecule has 14 heavy (non-hydrogen) atoms. The van der Waals surface area contributed by atoms with Crippen LogP contribution in [0.3, 0.4) is 0 Å². The molecule has 0 saturated heterocycles. The Balaban J connectivity index is 2.60. The Bertz CT molecular complexity index is 333. The third kappa shape index (κ3) is 3.40. The molecule has 0 aliphatic carbocycles. The van der Waals surface area contributed by atoms with Crippen LogP contribution in [0.25, 0.3) is 0 Å². The highest BCUT2D eigenvalue weighted by Crippen LogP contribution is 2.14. The fourth-order valence-corrected chi connectivity index (χ4v) is 0.996. The summed E-state index contributed by atoms with van der Waals surface area (Å²) in [5.74, 6) is 0.373. The molecule has 0 fully saturated rings. The zero-order valence-electron chi connectivity index (χ0n) is 7.41. The van der Waals surface area contributed by atoms with E-state index in [9.17, 15) is 8.78 Å². The van der Waals surface area contributed by atoms with Crippen molar-refractivity contribution in [1.82, 2.24) is 0 Å². The quantitative estimate of drug-likeness (QED) is 0.742. The molecule has 4 heteroatoms. The van der Waals surface area contributed by atoms with E-state index in [0.717, 1.165) is 5.56 Å². The van der Waals surface area contributed by atoms with E-state index in [4.69, 9.17) is 10.00 Å². The zero-order valence-corrected chi connectivity index (χ0v) is 7.41. The van der Waals surface area contributed by atoms with Crippen LogP contribution in [0.4, 0.5) is 8.78 Å². The highest BCUT2D eigenvalue weighted by molar-refractivity contribution is 5.29. The summed E-state index contributed by atoms with van der Waals surface area (Å²) in [4.78, 5) is 0. The molecule has 0 spiro atoms. The van der Waals surface area contributed by atoms with Crippen LogP contribution >= 0.6 is 0 Å². The summed E-state index contributed by atoms with van der Waals surface area (Å²) < 4.78 is 28.4. The van der Waals surface area contributed by atoms with Crippen molar-refractivity contribution in [3.8, 4) is 11.8 Å². The summed E-state index contributed by atoms with van der Waals surface area (Å²) >= 11 is 0. The number of hydrogen-bond donors (Lipinski definition) is 0. The standard InChI is InChI=1S/C10H9F2NO/c11-10(12)7-14-9-3-1-2-8(6-9)4-5-13/h1-3,6,10H,4,7H2. The maximum absolute atomic E-state index is 11.8. The Morgan fingerprint density at radius 2 is 2.21 bits per heavy atom. The average Bonchev–Trinajstić information content (AvgIpc) is 2.16. The molecule has 74 valence electrons. The Hall–Kier alpha value is -1.63. The van der Waals surface area contributed by atoms with Crippen molar-refractivity contribution in [3.05, 3.63) is 29.8 Å². The molecule has 0 unspecified atom stereocenters. The molecule has 1 rings (SSSR count). The molecule has 0 N–H and O–H groups in total. The number of benzene rings is 1. The summed E-state index contributed by atoms with van der Waals surface area (Å²) in [5.41, 5.74) is 0.763. The van der Waals surface area contributed by atoms with Gasteiger partial charge in [-0.15, -0.1) is 0 Å². The van der Waals surface area contributed by atoms with Crippen LogP contribution in [0.15, 0.2) is 24.3 Å². The SMILES string of the molecule is N#CCc1cccc(OCC(F)F)c1. The molecule has 0 atom stereocenters. The predicted octanol–water partition coefficient (Wildman–Crippen LogP) is 2.40. The highest BCUT2D eigenvalue weighted by atomic mass is 19.3. The van der Waals surface area contributed by atoms with Gasteiger partial charge >= 0.3 is 0 Å². The van der Waals surface area contributed by atoms with Gasteiger partial charge in [0, 0.05) is 0 Å². The molecule has 0 heterocycles. The largest absolute Gasteiger partial charge is 0.488 e. The van der Waals surface area contributed by atoms with Gasteiger partial charge in [-0.2, -0.15) is 5.26 Å². The first-order valence-corrected chi connectivity index (χ1v) is 4.09. The Labute approximate surface area is 80.7 Å². The topological polar surface area (TPSA) is 33.0 Å². The Morgan fingerprint density at radius 3 is 2.86 bits per heavy atom. The second-order valence-electron chi connectivity index (χ2n) is 2.68. The normalized spacial score (nSPS) is 9.86. The van der Waals surface area contributed by atoms with Crippen LogP contribution < -0.4 is 4.74 Å². The van der Waals surface area contributed by atoms with Crippen LogP contribution in [-0.2, 0) is 6.42 Å². The third-order valence-corrected chi connectivity index (χ3v) is 1.56. The first kappa shape index (κ1) is 10.5. The molecule has 1 aromatic rings. The molecular weight excluding hydrogens is 188 g/mol. The fraction of sp³-hybridized carbons (Fsp3) is 0.300. The van der Waals surface area contributed by atoms with E-state index in [-0.39, 0.29) is 6.42 Å². The van der Waals surface area contributed by atoms with Crippen molar-refractivity contribution in [3.63, 3.8) is 0 Å². The second kappa shape index (κ2) is 5.18. The molecule has 1 aromatic carbocycles. The molecule has 0 radical (unpaired) electrons. The van der Waals surface area contributed by atoms with E-state index < -0.39 is 13.0 Å². The number of nitriles is 1. The summed E-state index contributed by atoms with van der Waals surface area (Å²) in [6.45, 7) is -0.615. The van der Waals surface area contributed by atoms with E-state index in [1.54, 1.807) is 24.3 Å². The van der Waals surface area contributed by atoms with Crippen molar-refractivity contribution < 1.29 is 13.5 Å². The van der Waals surface area contributed by atoms with E-state index in [1.165, 1.54) is 0 Å². The van der Waals surface area contributed by atoms with E-state index in [2.05, 4.69) is 0 Å². The van der Waals surface area contributed by atoms with Gasteiger partial charge in [-0.3, -0.25) is 0 Å². The summed E-state index contributed by atoms with van der Waals surface area (Å²) in [6.07, 6.45) is -2.22. The second-order valence-corrected chi connectivity index (χ2v) is 2.68. The molecular formula is C10H9F2NO. The molecule has 0 aromatic heterocycles. The minimum atomic E-state index is -2.48. The van der Waals surface area contributed by atoms with Crippen LogP contribution in [0, 0.1) is 11.3 Å². The van der Waals surface area contributed by atoms with Crippen molar-refractivity contribution in [1.29, 1.82) is 5.26 Å². The van der Waals surface area contributed by atoms with Crippen LogP contribution in [0.2, 0.25) is 0 Å². The number of rotatable bonds is 4. The average molecular weight is 197 g/mol. The van der Waals surface area contributed by atoms with Gasteiger partial charge in [0.2, 0.25) is 0 Å². The van der Waals surface area contributed by atoms with Crippen LogP contribution in [-0.4, -0.2) is 13.0 Å². The monoisotopic (exact) mass is 197 g/mol. The van der Waals surface area contributed by atoms with Crippen LogP contribution in [0.1, 0.15) is 5.56 Å². The number of nitrogens with zero attached hydrogens (tertiary/aromatic N) is 1. The fourth-order valence-electron chi connectivity index (χ4n) is 0.996. The predicted molar refractivity (Wildman–Crippen MR) is 47.3 cm³/mol. The molecule has 0 aliphatic rings. The minimum Gasteiger partial charge on any atom is -0.488 e. The third-order valence-electron chi connectivity index (χ3n) is 1.56. The summed E-state index contributed by atoms with van der Waals surface area (Å²) in [7, 11) is 0. The van der Waals surface area contributed by atoms with Gasteiger partial charge in [-0.1, -0.05) is 12.1 Å². The molecule has 0 bridgehead atoms. The number of hydrogen-bond acceptors (Lipinski definition) is 2. The van der Waals surface area contributed by atoms with Crippen molar-refractivity contribution in [2.45, 2.75) is 12.8 Å². The number of alkyl halides is 2. The number of halogens is 2. The lowest BCUT2D eigenvalue weighted by molar-refractivity contribution is 0.0819. The summed E-state index contributed by atoms with van der Waals surface area (Å²) in [5, 5.41) is 8.42. The lowest BCUT2D eigenvalue weighted by Crippen LogP contribution is -2.06. The first-order valence-electron chi connectivity index (χ1n) is 4.09. The smallest absolute Gasteiger partial charge is 0.272 e. The molecule has 0 aliphatic heterocycles. The molecule has 0 saturated carbocycles. The lowest BCUT2D eigenvalue weighted by atomic mass is 10.2. The van der Waals surface area contributed by atoms with Gasteiger partial charge in [0.05, 0.1) is 12.5 Å². The first-order chi connectivity index (χ1) is 6.72. The van der Waals surface area contributed by atoms with Gasteiger partial charge in [-0.05, 0) is 17.7 Å². The van der Waals surface area contributed by atoms with Crippen molar-refractivity contribution in [2.75, 3.05) is 6.61 Å². The van der Waals surface area contributed by atoms with Gasteiger partial charge in [-0.25, -0.2) is 8.78 Å². The Morgan fingerprint density at radius 1 is 1.43 bits per heavy atom. The van der Waals surface area contributed by atoms with Gasteiger partial charge in [0.15, 0.2) is 0 Å². The van der Waals surface area contributed by atoms with Gasteiger partial charge in [0.25, 0.3) is 6.43 Å². The number of ether oxygens (including phenoxy) is 1. The van der Waals surface area contributed by atoms with Crippen LogP contribution in [0.5, 0.6) is 5.75 Å². The lowest BCUT2D eigenvalue weighted by Gasteiger charge is -2.05. The summed E-state index contributed by atoms with van der Waals surface area (Å²) in [6, 6.07) is 8.57. The van der Waals surface area contributed by atoms with Crippen molar-refractivity contribution >= 4 is 0 Å².